The second kappa shape index (κ2) is 3.61. The Bertz CT molecular complexity index is 148. The molecule has 0 radical (unpaired) electrons. The zero-order chi connectivity index (χ0) is 6.53. The van der Waals surface area contributed by atoms with E-state index in [2.05, 4.69) is 4.89 Å². The highest BCUT2D eigenvalue weighted by molar-refractivity contribution is 7.09. The van der Waals surface area contributed by atoms with Crippen molar-refractivity contribution in [3.05, 3.63) is 22.4 Å². The van der Waals surface area contributed by atoms with Crippen LogP contribution in [0.1, 0.15) is 4.88 Å². The molecule has 1 N–H and O–H groups in total. The topological polar surface area (TPSA) is 29.5 Å². The van der Waals surface area contributed by atoms with Crippen molar-refractivity contribution in [1.29, 1.82) is 0 Å². The molecule has 0 aromatic carbocycles. The first-order chi connectivity index (χ1) is 4.43. The highest BCUT2D eigenvalue weighted by Crippen LogP contribution is 2.08. The fourth-order valence-electron chi connectivity index (χ4n) is 0.601. The Balaban J connectivity index is 2.30. The Morgan fingerprint density at radius 1 is 1.67 bits per heavy atom. The van der Waals surface area contributed by atoms with Gasteiger partial charge in [0.25, 0.3) is 0 Å². The van der Waals surface area contributed by atoms with E-state index < -0.39 is 0 Å². The maximum absolute atomic E-state index is 7.97. The van der Waals surface area contributed by atoms with Crippen molar-refractivity contribution in [3.8, 4) is 0 Å². The van der Waals surface area contributed by atoms with E-state index in [0.29, 0.717) is 6.61 Å². The predicted octanol–water partition coefficient (Wildman–Crippen LogP) is 1.78. The van der Waals surface area contributed by atoms with Gasteiger partial charge in [-0.15, -0.1) is 11.3 Å². The molecule has 0 amide bonds. The summed E-state index contributed by atoms with van der Waals surface area (Å²) in [6, 6.07) is 4.00. The van der Waals surface area contributed by atoms with Crippen molar-refractivity contribution in [2.45, 2.75) is 6.42 Å². The van der Waals surface area contributed by atoms with Crippen molar-refractivity contribution >= 4 is 11.3 Å². The molecule has 9 heavy (non-hydrogen) atoms. The van der Waals surface area contributed by atoms with Crippen LogP contribution in [-0.4, -0.2) is 11.9 Å². The summed E-state index contributed by atoms with van der Waals surface area (Å²) in [5, 5.41) is 9.98. The van der Waals surface area contributed by atoms with Crippen LogP contribution in [0.5, 0.6) is 0 Å². The molecule has 0 bridgehead atoms. The van der Waals surface area contributed by atoms with Crippen molar-refractivity contribution in [1.82, 2.24) is 0 Å². The summed E-state index contributed by atoms with van der Waals surface area (Å²) in [7, 11) is 0. The quantitative estimate of drug-likeness (QED) is 0.517. The van der Waals surface area contributed by atoms with E-state index in [1.807, 2.05) is 17.5 Å². The molecule has 50 valence electrons. The molecule has 0 unspecified atom stereocenters. The third-order valence-electron chi connectivity index (χ3n) is 1.02. The van der Waals surface area contributed by atoms with Gasteiger partial charge in [-0.1, -0.05) is 6.07 Å². The van der Waals surface area contributed by atoms with E-state index in [1.165, 1.54) is 4.88 Å². The third kappa shape index (κ3) is 2.13. The van der Waals surface area contributed by atoms with Crippen LogP contribution < -0.4 is 0 Å². The van der Waals surface area contributed by atoms with E-state index in [0.717, 1.165) is 6.42 Å². The molecular formula is C6H8O2S. The monoisotopic (exact) mass is 144 g/mol. The van der Waals surface area contributed by atoms with Gasteiger partial charge in [0, 0.05) is 11.3 Å². The van der Waals surface area contributed by atoms with E-state index in [9.17, 15) is 0 Å². The van der Waals surface area contributed by atoms with Crippen LogP contribution in [0.25, 0.3) is 0 Å². The van der Waals surface area contributed by atoms with E-state index >= 15 is 0 Å². The summed E-state index contributed by atoms with van der Waals surface area (Å²) in [5.41, 5.74) is 0. The zero-order valence-electron chi connectivity index (χ0n) is 4.91. The summed E-state index contributed by atoms with van der Waals surface area (Å²) in [6.07, 6.45) is 0.800. The van der Waals surface area contributed by atoms with Gasteiger partial charge in [0.1, 0.15) is 0 Å². The van der Waals surface area contributed by atoms with Gasteiger partial charge in [0.15, 0.2) is 0 Å². The smallest absolute Gasteiger partial charge is 0.0867 e. The molecular weight excluding hydrogens is 136 g/mol. The maximum Gasteiger partial charge on any atom is 0.0867 e. The first kappa shape index (κ1) is 6.74. The van der Waals surface area contributed by atoms with Gasteiger partial charge in [-0.05, 0) is 11.4 Å². The van der Waals surface area contributed by atoms with Gasteiger partial charge in [-0.2, -0.15) is 0 Å². The average molecular weight is 144 g/mol. The number of hydrogen-bond donors (Lipinski definition) is 1. The van der Waals surface area contributed by atoms with Gasteiger partial charge in [-0.25, -0.2) is 4.89 Å². The number of hydrogen-bond acceptors (Lipinski definition) is 3. The molecule has 1 aromatic heterocycles. The largest absolute Gasteiger partial charge is 0.252 e. The molecule has 0 aliphatic rings. The van der Waals surface area contributed by atoms with Gasteiger partial charge in [-0.3, -0.25) is 5.26 Å². The molecule has 0 saturated heterocycles. The summed E-state index contributed by atoms with van der Waals surface area (Å²) >= 11 is 1.67. The minimum absolute atomic E-state index is 0.389. The van der Waals surface area contributed by atoms with E-state index in [-0.39, 0.29) is 0 Å². The Kier molecular flexibility index (Phi) is 2.70. The normalized spacial score (nSPS) is 9.89. The fraction of sp³-hybridized carbons (Fsp3) is 0.333. The van der Waals surface area contributed by atoms with Crippen molar-refractivity contribution in [2.75, 3.05) is 6.61 Å². The minimum Gasteiger partial charge on any atom is -0.252 e. The molecule has 0 aliphatic carbocycles. The van der Waals surface area contributed by atoms with Crippen LogP contribution in [0.3, 0.4) is 0 Å². The van der Waals surface area contributed by atoms with E-state index in [1.54, 1.807) is 11.3 Å². The standard InChI is InChI=1S/C6H8O2S/c7-8-4-3-6-2-1-5-9-6/h1-2,5,7H,3-4H2. The SMILES string of the molecule is OOCCc1cccs1. The lowest BCUT2D eigenvalue weighted by atomic mass is 10.4. The molecule has 0 fully saturated rings. The molecule has 2 nitrogen and oxygen atoms in total. The molecule has 0 atom stereocenters. The first-order valence-electron chi connectivity index (χ1n) is 2.72. The van der Waals surface area contributed by atoms with Crippen molar-refractivity contribution < 1.29 is 10.1 Å². The van der Waals surface area contributed by atoms with Crippen LogP contribution >= 0.6 is 11.3 Å². The third-order valence-corrected chi connectivity index (χ3v) is 1.96. The van der Waals surface area contributed by atoms with Crippen LogP contribution in [0.15, 0.2) is 17.5 Å². The predicted molar refractivity (Wildman–Crippen MR) is 36.6 cm³/mol. The molecule has 0 aliphatic heterocycles. The van der Waals surface area contributed by atoms with Crippen LogP contribution in [0, 0.1) is 0 Å². The average Bonchev–Trinajstić information content (AvgIpc) is 2.34. The lowest BCUT2D eigenvalue weighted by Crippen LogP contribution is -1.91. The number of thiophene rings is 1. The first-order valence-corrected chi connectivity index (χ1v) is 3.60. The summed E-state index contributed by atoms with van der Waals surface area (Å²) in [5.74, 6) is 0. The molecule has 0 saturated carbocycles. The Morgan fingerprint density at radius 2 is 2.56 bits per heavy atom. The highest BCUT2D eigenvalue weighted by Gasteiger charge is 1.90. The summed E-state index contributed by atoms with van der Waals surface area (Å²) in [6.45, 7) is 0.389. The molecule has 3 heteroatoms. The second-order valence-corrected chi connectivity index (χ2v) is 2.69. The zero-order valence-corrected chi connectivity index (χ0v) is 5.73. The van der Waals surface area contributed by atoms with Gasteiger partial charge in [0.05, 0.1) is 6.61 Å². The van der Waals surface area contributed by atoms with Crippen LogP contribution in [-0.2, 0) is 11.3 Å². The van der Waals surface area contributed by atoms with Crippen LogP contribution in [0.4, 0.5) is 0 Å². The lowest BCUT2D eigenvalue weighted by molar-refractivity contribution is -0.241. The second-order valence-electron chi connectivity index (χ2n) is 1.66. The summed E-state index contributed by atoms with van der Waals surface area (Å²) in [4.78, 5) is 5.16. The van der Waals surface area contributed by atoms with Crippen LogP contribution in [0.2, 0.25) is 0 Å². The Morgan fingerprint density at radius 3 is 3.11 bits per heavy atom. The van der Waals surface area contributed by atoms with Gasteiger partial charge in [0.2, 0.25) is 0 Å². The van der Waals surface area contributed by atoms with E-state index in [4.69, 9.17) is 5.26 Å². The molecule has 1 heterocycles. The highest BCUT2D eigenvalue weighted by atomic mass is 32.1. The number of rotatable bonds is 3. The molecule has 0 spiro atoms. The van der Waals surface area contributed by atoms with Gasteiger partial charge < -0.3 is 0 Å². The minimum atomic E-state index is 0.389. The lowest BCUT2D eigenvalue weighted by Gasteiger charge is -1.90. The maximum atomic E-state index is 7.97. The summed E-state index contributed by atoms with van der Waals surface area (Å²) < 4.78 is 0. The Labute approximate surface area is 57.6 Å². The Hall–Kier alpha value is -0.380. The van der Waals surface area contributed by atoms with Crippen molar-refractivity contribution in [3.63, 3.8) is 0 Å². The molecule has 1 rings (SSSR count). The van der Waals surface area contributed by atoms with Crippen molar-refractivity contribution in [2.24, 2.45) is 0 Å². The van der Waals surface area contributed by atoms with Gasteiger partial charge >= 0.3 is 0 Å². The fourth-order valence-corrected chi connectivity index (χ4v) is 1.29. The molecule has 1 aromatic rings.